The molecule has 9 N–H and O–H groups in total. The van der Waals surface area contributed by atoms with Crippen LogP contribution >= 0.6 is 7.60 Å². The Morgan fingerprint density at radius 2 is 1.60 bits per heavy atom. The number of carbonyl (C=O) groups is 5. The van der Waals surface area contributed by atoms with Gasteiger partial charge in [0.05, 0.1) is 12.6 Å². The van der Waals surface area contributed by atoms with Crippen LogP contribution in [0.5, 0.6) is 5.75 Å². The number of hydrogen-bond donors (Lipinski definition) is 8. The van der Waals surface area contributed by atoms with Gasteiger partial charge in [0.2, 0.25) is 29.5 Å². The standard InChI is InChI=1S/C34H45N6O9P/c1-22(41)37-27(18-23-6-8-24(9-7-23)21-50(47,48)49)32(45)39-34(13-3-2-4-14-34)33(46)38-28(20-30(35)43)31(44)36-15-5-16-40-17-12-25-19-26(42)10-11-29(25)40/h6-12,17,19,27-28,42H,2-5,13-16,18,20-21H2,1H3,(H2,35,43)(H,36,44)(H,37,41)(H,38,46)(H,39,45)(H2,47,48,49)/t27-,28-/m0/s1. The number of amides is 5. The van der Waals surface area contributed by atoms with E-state index in [1.54, 1.807) is 30.3 Å². The molecule has 5 amide bonds. The normalized spacial score (nSPS) is 15.4. The summed E-state index contributed by atoms with van der Waals surface area (Å²) in [7, 11) is -4.27. The van der Waals surface area contributed by atoms with E-state index in [1.165, 1.54) is 19.1 Å². The maximum absolute atomic E-state index is 13.9. The van der Waals surface area contributed by atoms with Crippen molar-refractivity contribution in [1.29, 1.82) is 0 Å². The molecular formula is C34H45N6O9P. The molecule has 0 saturated heterocycles. The molecule has 16 heteroatoms. The number of rotatable bonds is 16. The van der Waals surface area contributed by atoms with Crippen molar-refractivity contribution < 1.29 is 43.4 Å². The largest absolute Gasteiger partial charge is 0.508 e. The van der Waals surface area contributed by atoms with Crippen molar-refractivity contribution in [2.45, 2.75) is 88.6 Å². The molecule has 1 aliphatic carbocycles. The predicted molar refractivity (Wildman–Crippen MR) is 184 cm³/mol. The van der Waals surface area contributed by atoms with E-state index in [2.05, 4.69) is 21.3 Å². The minimum absolute atomic E-state index is 0.0350. The molecule has 15 nitrogen and oxygen atoms in total. The summed E-state index contributed by atoms with van der Waals surface area (Å²) in [6.07, 6.45) is 4.13. The molecule has 0 spiro atoms. The number of hydrogen-bond acceptors (Lipinski definition) is 7. The first-order chi connectivity index (χ1) is 23.6. The fourth-order valence-electron chi connectivity index (χ4n) is 6.27. The van der Waals surface area contributed by atoms with Crippen LogP contribution in [-0.2, 0) is 47.7 Å². The number of nitrogens with one attached hydrogen (secondary N) is 4. The van der Waals surface area contributed by atoms with E-state index in [1.807, 2.05) is 16.8 Å². The summed E-state index contributed by atoms with van der Waals surface area (Å²) >= 11 is 0. The smallest absolute Gasteiger partial charge is 0.329 e. The molecule has 3 aromatic rings. The zero-order chi connectivity index (χ0) is 36.5. The summed E-state index contributed by atoms with van der Waals surface area (Å²) in [5.74, 6) is -2.98. The van der Waals surface area contributed by atoms with Crippen molar-refractivity contribution in [2.75, 3.05) is 6.54 Å². The molecule has 1 fully saturated rings. The van der Waals surface area contributed by atoms with Gasteiger partial charge in [-0.3, -0.25) is 28.5 Å². The topological polar surface area (TPSA) is 242 Å². The first-order valence-corrected chi connectivity index (χ1v) is 18.3. The summed E-state index contributed by atoms with van der Waals surface area (Å²) in [6, 6.07) is 10.8. The number of fused-ring (bicyclic) bond motifs is 1. The number of aromatic hydroxyl groups is 1. The van der Waals surface area contributed by atoms with Crippen molar-refractivity contribution in [2.24, 2.45) is 5.73 Å². The van der Waals surface area contributed by atoms with E-state index in [9.17, 15) is 43.4 Å². The summed E-state index contributed by atoms with van der Waals surface area (Å²) in [5, 5.41) is 21.5. The Morgan fingerprint density at radius 3 is 2.24 bits per heavy atom. The third kappa shape index (κ3) is 10.9. The first kappa shape index (κ1) is 38.1. The monoisotopic (exact) mass is 712 g/mol. The Kier molecular flexibility index (Phi) is 12.8. The van der Waals surface area contributed by atoms with Gasteiger partial charge in [-0.1, -0.05) is 43.5 Å². The molecule has 2 aromatic carbocycles. The van der Waals surface area contributed by atoms with Gasteiger partial charge < -0.3 is 46.5 Å². The molecule has 0 bridgehead atoms. The fraction of sp³-hybridized carbons (Fsp3) is 0.441. The Balaban J connectivity index is 1.42. The van der Waals surface area contributed by atoms with Gasteiger partial charge >= 0.3 is 7.60 Å². The van der Waals surface area contributed by atoms with Gasteiger partial charge in [-0.05, 0) is 54.7 Å². The lowest BCUT2D eigenvalue weighted by molar-refractivity contribution is -0.139. The quantitative estimate of drug-likeness (QED) is 0.0791. The molecule has 4 rings (SSSR count). The highest BCUT2D eigenvalue weighted by Crippen LogP contribution is 2.39. The molecule has 1 aromatic heterocycles. The molecule has 2 atom stereocenters. The number of benzene rings is 2. The van der Waals surface area contributed by atoms with E-state index < -0.39 is 67.3 Å². The Labute approximate surface area is 289 Å². The minimum Gasteiger partial charge on any atom is -0.508 e. The zero-order valence-corrected chi connectivity index (χ0v) is 28.8. The molecule has 0 aliphatic heterocycles. The highest BCUT2D eigenvalue weighted by Gasteiger charge is 2.43. The van der Waals surface area contributed by atoms with Gasteiger partial charge in [-0.25, -0.2) is 0 Å². The van der Waals surface area contributed by atoms with E-state index in [4.69, 9.17) is 5.73 Å². The van der Waals surface area contributed by atoms with Gasteiger partial charge in [-0.15, -0.1) is 0 Å². The lowest BCUT2D eigenvalue weighted by atomic mass is 9.80. The van der Waals surface area contributed by atoms with Gasteiger partial charge in [0.1, 0.15) is 23.4 Å². The van der Waals surface area contributed by atoms with Crippen molar-refractivity contribution in [3.63, 3.8) is 0 Å². The third-order valence-electron chi connectivity index (χ3n) is 8.71. The summed E-state index contributed by atoms with van der Waals surface area (Å²) in [5.41, 5.74) is 5.96. The highest BCUT2D eigenvalue weighted by atomic mass is 31.2. The van der Waals surface area contributed by atoms with E-state index in [0.29, 0.717) is 36.9 Å². The second-order valence-corrected chi connectivity index (χ2v) is 14.5. The zero-order valence-electron chi connectivity index (χ0n) is 27.9. The van der Waals surface area contributed by atoms with Crippen LogP contribution in [0.3, 0.4) is 0 Å². The third-order valence-corrected chi connectivity index (χ3v) is 9.48. The summed E-state index contributed by atoms with van der Waals surface area (Å²) in [4.78, 5) is 83.4. The fourth-order valence-corrected chi connectivity index (χ4v) is 6.96. The van der Waals surface area contributed by atoms with Crippen LogP contribution < -0.4 is 27.0 Å². The lowest BCUT2D eigenvalue weighted by Crippen LogP contribution is -2.65. The van der Waals surface area contributed by atoms with Crippen molar-refractivity contribution in [3.8, 4) is 5.75 Å². The number of phenolic OH excluding ortho intramolecular Hbond substituents is 1. The minimum atomic E-state index is -4.27. The first-order valence-electron chi connectivity index (χ1n) is 16.5. The van der Waals surface area contributed by atoms with Gasteiger partial charge in [-0.2, -0.15) is 0 Å². The predicted octanol–water partition coefficient (Wildman–Crippen LogP) is 1.46. The molecule has 50 heavy (non-hydrogen) atoms. The molecule has 1 saturated carbocycles. The molecular weight excluding hydrogens is 667 g/mol. The highest BCUT2D eigenvalue weighted by molar-refractivity contribution is 7.50. The Bertz CT molecular complexity index is 1750. The second kappa shape index (κ2) is 16.8. The average molecular weight is 713 g/mol. The SMILES string of the molecule is CC(=O)N[C@@H](Cc1ccc(CP(=O)(O)O)cc1)C(=O)NC1(C(=O)N[C@@H](CC(N)=O)C(=O)NCCCn2ccc3cc(O)ccc32)CCCCC1. The summed E-state index contributed by atoms with van der Waals surface area (Å²) < 4.78 is 13.3. The van der Waals surface area contributed by atoms with Crippen molar-refractivity contribution >= 4 is 48.0 Å². The van der Waals surface area contributed by atoms with Gasteiger partial charge in [0.25, 0.3) is 0 Å². The number of phenols is 1. The van der Waals surface area contributed by atoms with Crippen LogP contribution in [0.25, 0.3) is 10.9 Å². The van der Waals surface area contributed by atoms with E-state index >= 15 is 0 Å². The number of carbonyl (C=O) groups excluding carboxylic acids is 5. The van der Waals surface area contributed by atoms with E-state index in [-0.39, 0.29) is 31.6 Å². The lowest BCUT2D eigenvalue weighted by Gasteiger charge is -2.38. The van der Waals surface area contributed by atoms with Crippen LogP contribution in [0, 0.1) is 0 Å². The maximum atomic E-state index is 13.9. The van der Waals surface area contributed by atoms with E-state index in [0.717, 1.165) is 17.3 Å². The Morgan fingerprint density at radius 1 is 0.920 bits per heavy atom. The van der Waals surface area contributed by atoms with Crippen LogP contribution in [0.4, 0.5) is 0 Å². The van der Waals surface area contributed by atoms with Crippen molar-refractivity contribution in [3.05, 3.63) is 65.9 Å². The second-order valence-electron chi connectivity index (χ2n) is 12.8. The number of aryl methyl sites for hydroxylation is 1. The Hall–Kier alpha value is -4.72. The van der Waals surface area contributed by atoms with Crippen LogP contribution in [0.2, 0.25) is 0 Å². The average Bonchev–Trinajstić information content (AvgIpc) is 3.44. The number of primary amides is 1. The molecule has 0 unspecified atom stereocenters. The van der Waals surface area contributed by atoms with Crippen LogP contribution in [-0.4, -0.2) is 73.2 Å². The molecule has 1 aliphatic rings. The van der Waals surface area contributed by atoms with Crippen LogP contribution in [0.1, 0.15) is 63.0 Å². The number of aromatic nitrogens is 1. The number of nitrogens with two attached hydrogens (primary N) is 1. The van der Waals surface area contributed by atoms with Gasteiger partial charge in [0, 0.05) is 43.5 Å². The molecule has 270 valence electrons. The molecule has 0 radical (unpaired) electrons. The number of nitrogens with zero attached hydrogens (tertiary/aromatic N) is 1. The van der Waals surface area contributed by atoms with Gasteiger partial charge in [0.15, 0.2) is 0 Å². The molecule has 1 heterocycles. The maximum Gasteiger partial charge on any atom is 0.329 e. The van der Waals surface area contributed by atoms with Crippen LogP contribution in [0.15, 0.2) is 54.7 Å². The van der Waals surface area contributed by atoms with Crippen molar-refractivity contribution in [1.82, 2.24) is 25.8 Å². The summed E-state index contributed by atoms with van der Waals surface area (Å²) in [6.45, 7) is 2.05.